The molecule has 1 N–H and O–H groups in total. The van der Waals surface area contributed by atoms with Crippen LogP contribution in [-0.2, 0) is 17.3 Å². The molecule has 0 bridgehead atoms. The molecule has 2 rings (SSSR count). The Hall–Kier alpha value is -2.55. The molecule has 1 aromatic heterocycles. The van der Waals surface area contributed by atoms with Crippen LogP contribution in [0.25, 0.3) is 0 Å². The molecule has 2 aromatic rings. The summed E-state index contributed by atoms with van der Waals surface area (Å²) in [6.07, 6.45) is 1.53. The lowest BCUT2D eigenvalue weighted by molar-refractivity contribution is -0.385. The van der Waals surface area contributed by atoms with Crippen LogP contribution in [0.15, 0.2) is 29.2 Å². The Balaban J connectivity index is 2.40. The third-order valence-corrected chi connectivity index (χ3v) is 4.13. The van der Waals surface area contributed by atoms with E-state index in [1.165, 1.54) is 17.9 Å². The van der Waals surface area contributed by atoms with E-state index in [4.69, 9.17) is 0 Å². The lowest BCUT2D eigenvalue weighted by atomic mass is 10.2. The fraction of sp³-hybridized carbons (Fsp3) is 0.286. The van der Waals surface area contributed by atoms with Crippen molar-refractivity contribution in [1.29, 1.82) is 0 Å². The first-order chi connectivity index (χ1) is 10.8. The molecular weight excluding hydrogens is 320 g/mol. The smallest absolute Gasteiger partial charge is 0.320 e. The summed E-state index contributed by atoms with van der Waals surface area (Å²) in [5, 5.41) is 17.8. The lowest BCUT2D eigenvalue weighted by Gasteiger charge is -2.07. The highest BCUT2D eigenvalue weighted by Crippen LogP contribution is 2.24. The van der Waals surface area contributed by atoms with Crippen LogP contribution in [0.3, 0.4) is 0 Å². The number of hydrogen-bond acceptors (Lipinski definition) is 5. The standard InChI is InChI=1S/C14H16N4O4S/c1-4-17-13(12(18(20)21)9(2)16-17)14(19)15-10-6-5-7-11(8-10)23(3)22/h5-8H,4H2,1-3H3,(H,15,19). The summed E-state index contributed by atoms with van der Waals surface area (Å²) < 4.78 is 12.8. The van der Waals surface area contributed by atoms with Crippen molar-refractivity contribution >= 4 is 28.1 Å². The highest BCUT2D eigenvalue weighted by molar-refractivity contribution is 7.84. The fourth-order valence-corrected chi connectivity index (χ4v) is 2.75. The van der Waals surface area contributed by atoms with Crippen LogP contribution in [0.1, 0.15) is 23.1 Å². The van der Waals surface area contributed by atoms with Crippen LogP contribution in [0.4, 0.5) is 11.4 Å². The predicted octanol–water partition coefficient (Wildman–Crippen LogP) is 2.11. The van der Waals surface area contributed by atoms with Crippen molar-refractivity contribution in [3.63, 3.8) is 0 Å². The zero-order valence-corrected chi connectivity index (χ0v) is 13.7. The minimum absolute atomic E-state index is 0.0991. The number of carbonyl (C=O) groups is 1. The summed E-state index contributed by atoms with van der Waals surface area (Å²) in [5.74, 6) is -0.627. The number of aromatic nitrogens is 2. The van der Waals surface area contributed by atoms with E-state index in [2.05, 4.69) is 10.4 Å². The molecule has 9 heteroatoms. The van der Waals surface area contributed by atoms with Gasteiger partial charge in [-0.25, -0.2) is 0 Å². The first kappa shape index (κ1) is 16.8. The average Bonchev–Trinajstić information content (AvgIpc) is 2.84. The maximum absolute atomic E-state index is 12.5. The van der Waals surface area contributed by atoms with E-state index in [0.29, 0.717) is 17.1 Å². The summed E-state index contributed by atoms with van der Waals surface area (Å²) in [6, 6.07) is 6.52. The van der Waals surface area contributed by atoms with Crippen molar-refractivity contribution in [2.24, 2.45) is 0 Å². The molecule has 0 saturated carbocycles. The molecule has 0 aliphatic carbocycles. The van der Waals surface area contributed by atoms with Gasteiger partial charge in [0.1, 0.15) is 5.69 Å². The molecule has 0 spiro atoms. The topological polar surface area (TPSA) is 107 Å². The van der Waals surface area contributed by atoms with Crippen molar-refractivity contribution in [3.05, 3.63) is 45.8 Å². The first-order valence-electron chi connectivity index (χ1n) is 6.81. The molecule has 0 aliphatic rings. The molecule has 0 fully saturated rings. The van der Waals surface area contributed by atoms with Gasteiger partial charge in [-0.1, -0.05) is 6.07 Å². The summed E-state index contributed by atoms with van der Waals surface area (Å²) in [5.41, 5.74) is 0.196. The number of benzene rings is 1. The maximum atomic E-state index is 12.5. The number of hydrogen-bond donors (Lipinski definition) is 1. The average molecular weight is 336 g/mol. The second-order valence-corrected chi connectivity index (χ2v) is 6.17. The van der Waals surface area contributed by atoms with Gasteiger partial charge in [-0.3, -0.25) is 23.8 Å². The summed E-state index contributed by atoms with van der Waals surface area (Å²) in [4.78, 5) is 23.6. The number of amides is 1. The lowest BCUT2D eigenvalue weighted by Crippen LogP contribution is -2.18. The van der Waals surface area contributed by atoms with Gasteiger partial charge in [-0.15, -0.1) is 0 Å². The number of rotatable bonds is 5. The third-order valence-electron chi connectivity index (χ3n) is 3.22. The molecule has 1 unspecified atom stereocenters. The minimum atomic E-state index is -1.19. The number of carbonyl (C=O) groups excluding carboxylic acids is 1. The Morgan fingerprint density at radius 3 is 2.74 bits per heavy atom. The summed E-state index contributed by atoms with van der Waals surface area (Å²) >= 11 is 0. The molecule has 0 aliphatic heterocycles. The predicted molar refractivity (Wildman–Crippen MR) is 86.0 cm³/mol. The Labute approximate surface area is 135 Å². The molecule has 1 amide bonds. The van der Waals surface area contributed by atoms with E-state index >= 15 is 0 Å². The molecule has 122 valence electrons. The summed E-state index contributed by atoms with van der Waals surface area (Å²) in [7, 11) is -1.19. The highest BCUT2D eigenvalue weighted by Gasteiger charge is 2.30. The van der Waals surface area contributed by atoms with Gasteiger partial charge >= 0.3 is 5.69 Å². The van der Waals surface area contributed by atoms with Gasteiger partial charge in [-0.05, 0) is 32.0 Å². The normalized spacial score (nSPS) is 12.0. The zero-order valence-electron chi connectivity index (χ0n) is 12.9. The van der Waals surface area contributed by atoms with Crippen LogP contribution in [0.5, 0.6) is 0 Å². The molecule has 0 radical (unpaired) electrons. The Morgan fingerprint density at radius 1 is 1.48 bits per heavy atom. The molecule has 1 atom stereocenters. The molecule has 1 heterocycles. The largest absolute Gasteiger partial charge is 0.322 e. The highest BCUT2D eigenvalue weighted by atomic mass is 32.2. The Bertz CT molecular complexity index is 800. The van der Waals surface area contributed by atoms with Crippen molar-refractivity contribution < 1.29 is 13.9 Å². The quantitative estimate of drug-likeness (QED) is 0.664. The van der Waals surface area contributed by atoms with E-state index < -0.39 is 21.6 Å². The van der Waals surface area contributed by atoms with Gasteiger partial charge in [0.05, 0.1) is 4.92 Å². The number of anilines is 1. The van der Waals surface area contributed by atoms with E-state index in [-0.39, 0.29) is 17.1 Å². The van der Waals surface area contributed by atoms with Crippen LogP contribution in [0.2, 0.25) is 0 Å². The third kappa shape index (κ3) is 3.45. The minimum Gasteiger partial charge on any atom is -0.320 e. The van der Waals surface area contributed by atoms with E-state index in [9.17, 15) is 19.1 Å². The van der Waals surface area contributed by atoms with Gasteiger partial charge in [0.25, 0.3) is 5.91 Å². The van der Waals surface area contributed by atoms with E-state index in [0.717, 1.165) is 0 Å². The number of nitrogens with zero attached hydrogens (tertiary/aromatic N) is 3. The molecule has 8 nitrogen and oxygen atoms in total. The second kappa shape index (κ2) is 6.69. The van der Waals surface area contributed by atoms with Crippen molar-refractivity contribution in [1.82, 2.24) is 9.78 Å². The first-order valence-corrected chi connectivity index (χ1v) is 8.37. The molecule has 23 heavy (non-hydrogen) atoms. The number of aryl methyl sites for hydroxylation is 2. The molecule has 0 saturated heterocycles. The van der Waals surface area contributed by atoms with Crippen molar-refractivity contribution in [2.45, 2.75) is 25.3 Å². The van der Waals surface area contributed by atoms with Gasteiger partial charge in [-0.2, -0.15) is 5.10 Å². The monoisotopic (exact) mass is 336 g/mol. The molecular formula is C14H16N4O4S. The van der Waals surface area contributed by atoms with Gasteiger partial charge in [0.2, 0.25) is 5.69 Å². The number of nitro groups is 1. The fourth-order valence-electron chi connectivity index (χ4n) is 2.19. The second-order valence-electron chi connectivity index (χ2n) is 4.79. The van der Waals surface area contributed by atoms with Crippen LogP contribution >= 0.6 is 0 Å². The SMILES string of the molecule is CCn1nc(C)c([N+](=O)[O-])c1C(=O)Nc1cccc(S(C)=O)c1. The Morgan fingerprint density at radius 2 is 2.17 bits per heavy atom. The van der Waals surface area contributed by atoms with Crippen molar-refractivity contribution in [2.75, 3.05) is 11.6 Å². The Kier molecular flexibility index (Phi) is 4.89. The van der Waals surface area contributed by atoms with Crippen LogP contribution < -0.4 is 5.32 Å². The molecule has 1 aromatic carbocycles. The van der Waals surface area contributed by atoms with E-state index in [1.807, 2.05) is 0 Å². The van der Waals surface area contributed by atoms with E-state index in [1.54, 1.807) is 31.2 Å². The van der Waals surface area contributed by atoms with Crippen molar-refractivity contribution in [3.8, 4) is 0 Å². The maximum Gasteiger partial charge on any atom is 0.322 e. The van der Waals surface area contributed by atoms with Crippen LogP contribution in [0, 0.1) is 17.0 Å². The van der Waals surface area contributed by atoms with Gasteiger partial charge in [0.15, 0.2) is 0 Å². The van der Waals surface area contributed by atoms with Crippen LogP contribution in [-0.4, -0.2) is 31.1 Å². The van der Waals surface area contributed by atoms with Gasteiger partial charge in [0, 0.05) is 34.2 Å². The zero-order chi connectivity index (χ0) is 17.1. The van der Waals surface area contributed by atoms with Gasteiger partial charge < -0.3 is 5.32 Å². The number of nitrogens with one attached hydrogen (secondary N) is 1. The summed E-state index contributed by atoms with van der Waals surface area (Å²) in [6.45, 7) is 3.56.